The average Bonchev–Trinajstić information content (AvgIpc) is 2.03. The molecule has 0 N–H and O–H groups in total. The maximum absolute atomic E-state index is 11.3. The summed E-state index contributed by atoms with van der Waals surface area (Å²) < 4.78 is 1.03. The van der Waals surface area contributed by atoms with E-state index in [-0.39, 0.29) is 5.78 Å². The highest BCUT2D eigenvalue weighted by atomic mass is 127. The van der Waals surface area contributed by atoms with Gasteiger partial charge in [0.15, 0.2) is 5.78 Å². The molecule has 0 unspecified atom stereocenters. The quantitative estimate of drug-likeness (QED) is 0.460. The molecular formula is C9H8BrIO. The lowest BCUT2D eigenvalue weighted by Crippen LogP contribution is -2.02. The molecule has 0 spiro atoms. The maximum Gasteiger partial charge on any atom is 0.174 e. The number of aryl methyl sites for hydroxylation is 1. The van der Waals surface area contributed by atoms with Crippen molar-refractivity contribution in [1.82, 2.24) is 0 Å². The molecule has 3 heteroatoms. The minimum absolute atomic E-state index is 0.138. The third-order valence-corrected chi connectivity index (χ3v) is 2.95. The van der Waals surface area contributed by atoms with Gasteiger partial charge in [-0.3, -0.25) is 4.79 Å². The fraction of sp³-hybridized carbons (Fsp3) is 0.222. The normalized spacial score (nSPS) is 9.92. The predicted octanol–water partition coefficient (Wildman–Crippen LogP) is 3.18. The highest BCUT2D eigenvalue weighted by molar-refractivity contribution is 14.1. The van der Waals surface area contributed by atoms with Gasteiger partial charge < -0.3 is 0 Å². The van der Waals surface area contributed by atoms with Gasteiger partial charge >= 0.3 is 0 Å². The predicted molar refractivity (Wildman–Crippen MR) is 62.0 cm³/mol. The largest absolute Gasteiger partial charge is 0.293 e. The molecule has 0 aromatic heterocycles. The lowest BCUT2D eigenvalue weighted by Gasteiger charge is -2.01. The van der Waals surface area contributed by atoms with Crippen LogP contribution in [0.15, 0.2) is 18.2 Å². The van der Waals surface area contributed by atoms with Crippen LogP contribution in [-0.4, -0.2) is 11.1 Å². The zero-order chi connectivity index (χ0) is 9.14. The van der Waals surface area contributed by atoms with Gasteiger partial charge in [-0.2, -0.15) is 0 Å². The van der Waals surface area contributed by atoms with Gasteiger partial charge in [0.25, 0.3) is 0 Å². The van der Waals surface area contributed by atoms with E-state index in [0.717, 1.165) is 9.13 Å². The Balaban J connectivity index is 3.09. The van der Waals surface area contributed by atoms with E-state index in [0.29, 0.717) is 5.33 Å². The number of Topliss-reactive ketones (excluding diaryl/α,β-unsaturated/α-hetero) is 1. The van der Waals surface area contributed by atoms with Crippen LogP contribution in [0.5, 0.6) is 0 Å². The Morgan fingerprint density at radius 3 is 2.75 bits per heavy atom. The van der Waals surface area contributed by atoms with Gasteiger partial charge in [0.2, 0.25) is 0 Å². The van der Waals surface area contributed by atoms with Crippen molar-refractivity contribution in [3.63, 3.8) is 0 Å². The second-order valence-corrected chi connectivity index (χ2v) is 4.26. The second kappa shape index (κ2) is 4.37. The summed E-state index contributed by atoms with van der Waals surface area (Å²) in [5, 5.41) is 0.395. The first kappa shape index (κ1) is 10.2. The standard InChI is InChI=1S/C9H8BrIO/c1-6-2-3-7(8(11)4-6)9(12)5-10/h2-4H,5H2,1H3. The molecule has 1 aromatic carbocycles. The number of carbonyl (C=O) groups is 1. The summed E-state index contributed by atoms with van der Waals surface area (Å²) in [5.41, 5.74) is 1.99. The van der Waals surface area contributed by atoms with Gasteiger partial charge in [-0.05, 0) is 35.6 Å². The molecule has 12 heavy (non-hydrogen) atoms. The molecular weight excluding hydrogens is 331 g/mol. The number of benzene rings is 1. The topological polar surface area (TPSA) is 17.1 Å². The summed E-state index contributed by atoms with van der Waals surface area (Å²) >= 11 is 5.33. The van der Waals surface area contributed by atoms with E-state index in [4.69, 9.17) is 0 Å². The van der Waals surface area contributed by atoms with Crippen molar-refractivity contribution < 1.29 is 4.79 Å². The molecule has 64 valence electrons. The smallest absolute Gasteiger partial charge is 0.174 e. The molecule has 0 atom stereocenters. The molecule has 1 rings (SSSR count). The van der Waals surface area contributed by atoms with Gasteiger partial charge in [0, 0.05) is 9.13 Å². The van der Waals surface area contributed by atoms with Crippen molar-refractivity contribution in [3.8, 4) is 0 Å². The monoisotopic (exact) mass is 338 g/mol. The fourth-order valence-corrected chi connectivity index (χ4v) is 2.19. The number of ketones is 1. The molecule has 1 aromatic rings. The van der Waals surface area contributed by atoms with Gasteiger partial charge in [0.1, 0.15) is 0 Å². The third kappa shape index (κ3) is 2.29. The van der Waals surface area contributed by atoms with Crippen molar-refractivity contribution in [2.45, 2.75) is 6.92 Å². The average molecular weight is 339 g/mol. The Bertz CT molecular complexity index is 309. The van der Waals surface area contributed by atoms with E-state index < -0.39 is 0 Å². The highest BCUT2D eigenvalue weighted by Gasteiger charge is 2.07. The SMILES string of the molecule is Cc1ccc(C(=O)CBr)c(I)c1. The molecule has 0 heterocycles. The van der Waals surface area contributed by atoms with Crippen LogP contribution in [0.3, 0.4) is 0 Å². The summed E-state index contributed by atoms with van der Waals surface area (Å²) in [4.78, 5) is 11.3. The lowest BCUT2D eigenvalue weighted by atomic mass is 10.1. The number of carbonyl (C=O) groups excluding carboxylic acids is 1. The summed E-state index contributed by atoms with van der Waals surface area (Å²) in [6.07, 6.45) is 0. The number of alkyl halides is 1. The van der Waals surface area contributed by atoms with E-state index in [1.165, 1.54) is 5.56 Å². The summed E-state index contributed by atoms with van der Waals surface area (Å²) in [6.45, 7) is 2.02. The molecule has 1 nitrogen and oxygen atoms in total. The summed E-state index contributed by atoms with van der Waals surface area (Å²) in [5.74, 6) is 0.138. The molecule has 0 aliphatic carbocycles. The molecule has 0 aliphatic rings. The number of rotatable bonds is 2. The fourth-order valence-electron chi connectivity index (χ4n) is 0.918. The highest BCUT2D eigenvalue weighted by Crippen LogP contribution is 2.15. The lowest BCUT2D eigenvalue weighted by molar-refractivity contribution is 0.102. The molecule has 0 saturated heterocycles. The van der Waals surface area contributed by atoms with Crippen molar-refractivity contribution in [2.24, 2.45) is 0 Å². The Kier molecular flexibility index (Phi) is 3.71. The van der Waals surface area contributed by atoms with Crippen molar-refractivity contribution >= 4 is 44.3 Å². The van der Waals surface area contributed by atoms with E-state index in [2.05, 4.69) is 38.5 Å². The van der Waals surface area contributed by atoms with Crippen LogP contribution in [0.2, 0.25) is 0 Å². The zero-order valence-electron chi connectivity index (χ0n) is 6.60. The van der Waals surface area contributed by atoms with Crippen molar-refractivity contribution in [2.75, 3.05) is 5.33 Å². The van der Waals surface area contributed by atoms with Crippen LogP contribution in [0.25, 0.3) is 0 Å². The minimum Gasteiger partial charge on any atom is -0.293 e. The van der Waals surface area contributed by atoms with Crippen molar-refractivity contribution in [3.05, 3.63) is 32.9 Å². The zero-order valence-corrected chi connectivity index (χ0v) is 10.3. The van der Waals surface area contributed by atoms with Crippen LogP contribution in [0.1, 0.15) is 15.9 Å². The number of hydrogen-bond donors (Lipinski definition) is 0. The Morgan fingerprint density at radius 1 is 1.58 bits per heavy atom. The summed E-state index contributed by atoms with van der Waals surface area (Å²) in [6, 6.07) is 5.84. The van der Waals surface area contributed by atoms with Gasteiger partial charge in [-0.15, -0.1) is 0 Å². The first-order valence-corrected chi connectivity index (χ1v) is 5.70. The number of hydrogen-bond acceptors (Lipinski definition) is 1. The Hall–Kier alpha value is 0.1000. The first-order chi connectivity index (χ1) is 5.65. The molecule has 0 amide bonds. The molecule has 0 radical (unpaired) electrons. The van der Waals surface area contributed by atoms with Crippen molar-refractivity contribution in [1.29, 1.82) is 0 Å². The van der Waals surface area contributed by atoms with E-state index >= 15 is 0 Å². The van der Waals surface area contributed by atoms with E-state index in [9.17, 15) is 4.79 Å². The van der Waals surface area contributed by atoms with Crippen LogP contribution >= 0.6 is 38.5 Å². The van der Waals surface area contributed by atoms with Gasteiger partial charge in [0.05, 0.1) is 5.33 Å². The first-order valence-electron chi connectivity index (χ1n) is 3.50. The molecule has 0 aliphatic heterocycles. The Morgan fingerprint density at radius 2 is 2.25 bits per heavy atom. The van der Waals surface area contributed by atoms with E-state index in [1.54, 1.807) is 0 Å². The van der Waals surface area contributed by atoms with Crippen LogP contribution in [0, 0.1) is 10.5 Å². The van der Waals surface area contributed by atoms with Crippen LogP contribution in [0.4, 0.5) is 0 Å². The third-order valence-electron chi connectivity index (χ3n) is 1.55. The molecule has 0 saturated carbocycles. The van der Waals surface area contributed by atoms with Gasteiger partial charge in [-0.1, -0.05) is 33.6 Å². The maximum atomic E-state index is 11.3. The van der Waals surface area contributed by atoms with E-state index in [1.807, 2.05) is 25.1 Å². The Labute approximate surface area is 93.8 Å². The molecule has 0 fully saturated rings. The second-order valence-electron chi connectivity index (χ2n) is 2.54. The number of halogens is 2. The minimum atomic E-state index is 0.138. The molecule has 0 bridgehead atoms. The summed E-state index contributed by atoms with van der Waals surface area (Å²) in [7, 11) is 0. The van der Waals surface area contributed by atoms with Crippen LogP contribution in [-0.2, 0) is 0 Å². The van der Waals surface area contributed by atoms with Crippen LogP contribution < -0.4 is 0 Å². The van der Waals surface area contributed by atoms with Gasteiger partial charge in [-0.25, -0.2) is 0 Å².